The molecule has 1 fully saturated rings. The van der Waals surface area contributed by atoms with Crippen molar-refractivity contribution >= 4 is 17.3 Å². The van der Waals surface area contributed by atoms with Crippen molar-refractivity contribution in [2.45, 2.75) is 13.0 Å². The number of carbonyl (C=O) groups excluding carboxylic acids is 1. The summed E-state index contributed by atoms with van der Waals surface area (Å²) in [4.78, 5) is 13.3. The molecule has 0 bridgehead atoms. The van der Waals surface area contributed by atoms with Gasteiger partial charge in [0, 0.05) is 18.7 Å². The Morgan fingerprint density at radius 1 is 1.53 bits per heavy atom. The molecule has 0 saturated carbocycles. The van der Waals surface area contributed by atoms with Gasteiger partial charge in [-0.15, -0.1) is 0 Å². The third-order valence-electron chi connectivity index (χ3n) is 2.90. The Balaban J connectivity index is 2.29. The molecule has 1 aliphatic heterocycles. The van der Waals surface area contributed by atoms with Gasteiger partial charge in [-0.3, -0.25) is 4.79 Å². The first-order chi connectivity index (χ1) is 8.08. The van der Waals surface area contributed by atoms with E-state index >= 15 is 0 Å². The molecular weight excluding hydrogens is 218 g/mol. The SMILES string of the molecule is CC1CN(c2cc(C(N)=O)ccc2N)CCO1. The molecule has 1 unspecified atom stereocenters. The number of amides is 1. The van der Waals surface area contributed by atoms with E-state index in [2.05, 4.69) is 4.90 Å². The van der Waals surface area contributed by atoms with Crippen LogP contribution in [0.2, 0.25) is 0 Å². The fourth-order valence-electron chi connectivity index (χ4n) is 2.01. The van der Waals surface area contributed by atoms with Gasteiger partial charge in [-0.1, -0.05) is 0 Å². The smallest absolute Gasteiger partial charge is 0.248 e. The highest BCUT2D eigenvalue weighted by atomic mass is 16.5. The molecule has 1 aromatic carbocycles. The molecule has 0 spiro atoms. The Labute approximate surface area is 100 Å². The predicted octanol–water partition coefficient (Wildman–Crippen LogP) is 0.593. The highest BCUT2D eigenvalue weighted by Gasteiger charge is 2.19. The number of rotatable bonds is 2. The lowest BCUT2D eigenvalue weighted by molar-refractivity contribution is 0.0533. The van der Waals surface area contributed by atoms with Gasteiger partial charge in [-0.2, -0.15) is 0 Å². The number of nitrogen functional groups attached to an aromatic ring is 1. The summed E-state index contributed by atoms with van der Waals surface area (Å²) in [7, 11) is 0. The highest BCUT2D eigenvalue weighted by molar-refractivity contribution is 5.95. The predicted molar refractivity (Wildman–Crippen MR) is 67.0 cm³/mol. The second kappa shape index (κ2) is 4.63. The summed E-state index contributed by atoms with van der Waals surface area (Å²) in [5, 5.41) is 0. The van der Waals surface area contributed by atoms with E-state index < -0.39 is 5.91 Å². The van der Waals surface area contributed by atoms with Gasteiger partial charge in [0.25, 0.3) is 0 Å². The average Bonchev–Trinajstić information content (AvgIpc) is 2.29. The number of nitrogens with two attached hydrogens (primary N) is 2. The summed E-state index contributed by atoms with van der Waals surface area (Å²) in [6, 6.07) is 5.11. The maximum atomic E-state index is 11.1. The molecular formula is C12H17N3O2. The largest absolute Gasteiger partial charge is 0.397 e. The van der Waals surface area contributed by atoms with Crippen molar-refractivity contribution in [1.82, 2.24) is 0 Å². The van der Waals surface area contributed by atoms with Crippen LogP contribution in [0.5, 0.6) is 0 Å². The van der Waals surface area contributed by atoms with Gasteiger partial charge in [0.15, 0.2) is 0 Å². The van der Waals surface area contributed by atoms with Crippen molar-refractivity contribution in [1.29, 1.82) is 0 Å². The number of morpholine rings is 1. The van der Waals surface area contributed by atoms with Crippen LogP contribution < -0.4 is 16.4 Å². The van der Waals surface area contributed by atoms with Crippen molar-refractivity contribution in [3.8, 4) is 0 Å². The van der Waals surface area contributed by atoms with Crippen LogP contribution in [0.25, 0.3) is 0 Å². The van der Waals surface area contributed by atoms with E-state index in [9.17, 15) is 4.79 Å². The number of anilines is 2. The van der Waals surface area contributed by atoms with Gasteiger partial charge < -0.3 is 21.1 Å². The molecule has 1 amide bonds. The lowest BCUT2D eigenvalue weighted by atomic mass is 10.1. The van der Waals surface area contributed by atoms with Crippen molar-refractivity contribution < 1.29 is 9.53 Å². The Morgan fingerprint density at radius 3 is 2.94 bits per heavy atom. The minimum atomic E-state index is -0.437. The normalized spacial score (nSPS) is 20.3. The number of benzene rings is 1. The number of nitrogens with zero attached hydrogens (tertiary/aromatic N) is 1. The zero-order valence-electron chi connectivity index (χ0n) is 9.85. The first kappa shape index (κ1) is 11.7. The van der Waals surface area contributed by atoms with Crippen LogP contribution in [-0.4, -0.2) is 31.7 Å². The topological polar surface area (TPSA) is 81.6 Å². The van der Waals surface area contributed by atoms with Crippen LogP contribution in [-0.2, 0) is 4.74 Å². The number of hydrogen-bond acceptors (Lipinski definition) is 4. The Morgan fingerprint density at radius 2 is 2.29 bits per heavy atom. The molecule has 17 heavy (non-hydrogen) atoms. The molecule has 1 heterocycles. The van der Waals surface area contributed by atoms with E-state index in [4.69, 9.17) is 16.2 Å². The number of hydrogen-bond donors (Lipinski definition) is 2. The molecule has 92 valence electrons. The van der Waals surface area contributed by atoms with E-state index in [0.717, 1.165) is 18.8 Å². The molecule has 1 atom stereocenters. The lowest BCUT2D eigenvalue weighted by Crippen LogP contribution is -2.41. The van der Waals surface area contributed by atoms with Crippen LogP contribution in [0.1, 0.15) is 17.3 Å². The summed E-state index contributed by atoms with van der Waals surface area (Å²) in [6.45, 7) is 4.23. The minimum absolute atomic E-state index is 0.167. The maximum Gasteiger partial charge on any atom is 0.248 e. The van der Waals surface area contributed by atoms with Crippen LogP contribution in [0, 0.1) is 0 Å². The minimum Gasteiger partial charge on any atom is -0.397 e. The third kappa shape index (κ3) is 2.50. The molecule has 0 radical (unpaired) electrons. The first-order valence-electron chi connectivity index (χ1n) is 5.64. The van der Waals surface area contributed by atoms with Crippen LogP contribution in [0.15, 0.2) is 18.2 Å². The molecule has 5 nitrogen and oxygen atoms in total. The van der Waals surface area contributed by atoms with Gasteiger partial charge in [-0.25, -0.2) is 0 Å². The molecule has 1 saturated heterocycles. The fraction of sp³-hybridized carbons (Fsp3) is 0.417. The van der Waals surface area contributed by atoms with Gasteiger partial charge in [0.05, 0.1) is 24.1 Å². The van der Waals surface area contributed by atoms with Crippen LogP contribution in [0.4, 0.5) is 11.4 Å². The highest BCUT2D eigenvalue weighted by Crippen LogP contribution is 2.26. The number of ether oxygens (including phenoxy) is 1. The van der Waals surface area contributed by atoms with Crippen molar-refractivity contribution in [3.05, 3.63) is 23.8 Å². The molecule has 5 heteroatoms. The van der Waals surface area contributed by atoms with Gasteiger partial charge in [0.1, 0.15) is 0 Å². The maximum absolute atomic E-state index is 11.1. The standard InChI is InChI=1S/C12H17N3O2/c1-8-7-15(4-5-17-8)11-6-9(12(14)16)2-3-10(11)13/h2-3,6,8H,4-5,7,13H2,1H3,(H2,14,16). The summed E-state index contributed by atoms with van der Waals surface area (Å²) in [5.41, 5.74) is 13.2. The molecule has 1 aromatic rings. The van der Waals surface area contributed by atoms with E-state index in [1.165, 1.54) is 0 Å². The fourth-order valence-corrected chi connectivity index (χ4v) is 2.01. The second-order valence-corrected chi connectivity index (χ2v) is 4.27. The van der Waals surface area contributed by atoms with Gasteiger partial charge >= 0.3 is 0 Å². The summed E-state index contributed by atoms with van der Waals surface area (Å²) in [6.07, 6.45) is 0.167. The summed E-state index contributed by atoms with van der Waals surface area (Å²) < 4.78 is 5.47. The first-order valence-corrected chi connectivity index (χ1v) is 5.64. The molecule has 4 N–H and O–H groups in total. The summed E-state index contributed by atoms with van der Waals surface area (Å²) >= 11 is 0. The van der Waals surface area contributed by atoms with Crippen molar-refractivity contribution in [2.24, 2.45) is 5.73 Å². The molecule has 0 aromatic heterocycles. The Kier molecular flexibility index (Phi) is 3.19. The quantitative estimate of drug-likeness (QED) is 0.735. The van der Waals surface area contributed by atoms with Crippen LogP contribution >= 0.6 is 0 Å². The lowest BCUT2D eigenvalue weighted by Gasteiger charge is -2.33. The zero-order chi connectivity index (χ0) is 12.4. The molecule has 1 aliphatic rings. The molecule has 0 aliphatic carbocycles. The number of carbonyl (C=O) groups is 1. The third-order valence-corrected chi connectivity index (χ3v) is 2.90. The Bertz CT molecular complexity index is 434. The average molecular weight is 235 g/mol. The van der Waals surface area contributed by atoms with Crippen LogP contribution in [0.3, 0.4) is 0 Å². The van der Waals surface area contributed by atoms with Crippen molar-refractivity contribution in [2.75, 3.05) is 30.3 Å². The number of primary amides is 1. The van der Waals surface area contributed by atoms with E-state index in [0.29, 0.717) is 17.9 Å². The molecule has 2 rings (SSSR count). The second-order valence-electron chi connectivity index (χ2n) is 4.27. The van der Waals surface area contributed by atoms with E-state index in [1.807, 2.05) is 6.92 Å². The van der Waals surface area contributed by atoms with Gasteiger partial charge in [0.2, 0.25) is 5.91 Å². The Hall–Kier alpha value is -1.75. The monoisotopic (exact) mass is 235 g/mol. The van der Waals surface area contributed by atoms with Gasteiger partial charge in [-0.05, 0) is 25.1 Å². The van der Waals surface area contributed by atoms with Crippen molar-refractivity contribution in [3.63, 3.8) is 0 Å². The van der Waals surface area contributed by atoms with E-state index in [1.54, 1.807) is 18.2 Å². The zero-order valence-corrected chi connectivity index (χ0v) is 9.85. The summed E-state index contributed by atoms with van der Waals surface area (Å²) in [5.74, 6) is -0.437. The van der Waals surface area contributed by atoms with E-state index in [-0.39, 0.29) is 6.10 Å².